The van der Waals surface area contributed by atoms with Crippen LogP contribution < -0.4 is 0 Å². The average molecular weight is 312 g/mol. The molecule has 0 heterocycles. The smallest absolute Gasteiger partial charge is 0.459 e. The normalized spacial score (nSPS) is 16.7. The van der Waals surface area contributed by atoms with Gasteiger partial charge in [-0.25, -0.2) is 0 Å². The molecule has 2 nitrogen and oxygen atoms in total. The number of rotatable bonds is 6. The van der Waals surface area contributed by atoms with Crippen LogP contribution >= 0.6 is 0 Å². The summed E-state index contributed by atoms with van der Waals surface area (Å²) in [5.74, 6) is -17.1. The lowest BCUT2D eigenvalue weighted by molar-refractivity contribution is -0.367. The van der Waals surface area contributed by atoms with Crippen molar-refractivity contribution in [2.45, 2.75) is 45.2 Å². The van der Waals surface area contributed by atoms with E-state index >= 15 is 0 Å². The molecule has 2 unspecified atom stereocenters. The van der Waals surface area contributed by atoms with Gasteiger partial charge < -0.3 is 4.74 Å². The van der Waals surface area contributed by atoms with Crippen LogP contribution in [-0.2, 0) is 9.53 Å². The summed E-state index contributed by atoms with van der Waals surface area (Å²) >= 11 is 0. The summed E-state index contributed by atoms with van der Waals surface area (Å²) in [4.78, 5) is 11.4. The summed E-state index contributed by atoms with van der Waals surface area (Å²) in [5, 5.41) is 0. The highest BCUT2D eigenvalue weighted by Crippen LogP contribution is 2.51. The fourth-order valence-corrected chi connectivity index (χ4v) is 1.70. The highest BCUT2D eigenvalue weighted by atomic mass is 19.4. The van der Waals surface area contributed by atoms with Crippen LogP contribution in [0.3, 0.4) is 0 Å². The second-order valence-corrected chi connectivity index (χ2v) is 4.25. The van der Waals surface area contributed by atoms with Crippen molar-refractivity contribution < 1.29 is 40.3 Å². The van der Waals surface area contributed by atoms with Gasteiger partial charge in [-0.3, -0.25) is 4.79 Å². The molecule has 0 spiro atoms. The lowest BCUT2D eigenvalue weighted by Gasteiger charge is -2.35. The van der Waals surface area contributed by atoms with Crippen molar-refractivity contribution >= 4 is 5.97 Å². The molecule has 0 amide bonds. The molecule has 0 N–H and O–H groups in total. The number of hydrogen-bond donors (Lipinski definition) is 0. The van der Waals surface area contributed by atoms with Gasteiger partial charge in [0.15, 0.2) is 0 Å². The summed E-state index contributed by atoms with van der Waals surface area (Å²) in [5.41, 5.74) is 0. The molecular weight excluding hydrogens is 297 g/mol. The quantitative estimate of drug-likeness (QED) is 0.546. The molecule has 0 aliphatic carbocycles. The third kappa shape index (κ3) is 3.35. The first-order valence-corrected chi connectivity index (χ1v) is 5.83. The lowest BCUT2D eigenvalue weighted by atomic mass is 9.83. The average Bonchev–Trinajstić information content (AvgIpc) is 2.28. The van der Waals surface area contributed by atoms with Crippen molar-refractivity contribution in [3.8, 4) is 0 Å². The van der Waals surface area contributed by atoms with E-state index in [1.807, 2.05) is 0 Å². The molecule has 0 aromatic carbocycles. The number of hydrogen-bond acceptors (Lipinski definition) is 2. The van der Waals surface area contributed by atoms with Gasteiger partial charge in [-0.1, -0.05) is 13.8 Å². The number of esters is 1. The predicted molar refractivity (Wildman–Crippen MR) is 55.5 cm³/mol. The molecule has 0 radical (unpaired) electrons. The molecule has 0 aliphatic rings. The summed E-state index contributed by atoms with van der Waals surface area (Å²) in [6.45, 7) is 2.87. The van der Waals surface area contributed by atoms with E-state index in [0.717, 1.165) is 0 Å². The molecule has 0 bridgehead atoms. The third-order valence-electron chi connectivity index (χ3n) is 2.98. The molecule has 20 heavy (non-hydrogen) atoms. The Morgan fingerprint density at radius 1 is 1.05 bits per heavy atom. The van der Waals surface area contributed by atoms with Gasteiger partial charge in [0.1, 0.15) is 0 Å². The monoisotopic (exact) mass is 312 g/mol. The largest absolute Gasteiger partial charge is 0.466 e. The molecule has 0 saturated carbocycles. The summed E-state index contributed by atoms with van der Waals surface area (Å²) in [6.07, 6.45) is -6.75. The maximum Gasteiger partial charge on any atom is 0.459 e. The zero-order valence-electron chi connectivity index (χ0n) is 11.0. The third-order valence-corrected chi connectivity index (χ3v) is 2.98. The Balaban J connectivity index is 5.42. The van der Waals surface area contributed by atoms with Crippen LogP contribution in [0.1, 0.15) is 27.2 Å². The van der Waals surface area contributed by atoms with Gasteiger partial charge in [0.2, 0.25) is 0 Å². The summed E-state index contributed by atoms with van der Waals surface area (Å²) < 4.78 is 93.2. The summed E-state index contributed by atoms with van der Waals surface area (Å²) in [6, 6.07) is 0. The topological polar surface area (TPSA) is 26.3 Å². The van der Waals surface area contributed by atoms with Gasteiger partial charge in [-0.05, 0) is 13.3 Å². The van der Waals surface area contributed by atoms with E-state index in [1.54, 1.807) is 0 Å². The van der Waals surface area contributed by atoms with Crippen molar-refractivity contribution in [2.24, 2.45) is 11.8 Å². The zero-order chi connectivity index (χ0) is 16.4. The minimum Gasteiger partial charge on any atom is -0.466 e. The Bertz CT molecular complexity index is 338. The number of halogens is 7. The highest BCUT2D eigenvalue weighted by Gasteiger charge is 2.75. The molecule has 9 heteroatoms. The Hall–Kier alpha value is -1.02. The van der Waals surface area contributed by atoms with Crippen LogP contribution in [0.4, 0.5) is 30.7 Å². The number of alkyl halides is 7. The Labute approximate surface area is 111 Å². The maximum absolute atomic E-state index is 13.5. The number of carbonyl (C=O) groups is 1. The molecule has 0 rings (SSSR count). The standard InChI is InChI=1S/C11H15F7O2/c1-4-7(8(19)20-5-2)6(3)9(12,13)10(14,15)11(16,17)18/h6-7H,4-5H2,1-3H3. The van der Waals surface area contributed by atoms with Gasteiger partial charge in [0, 0.05) is 5.92 Å². The van der Waals surface area contributed by atoms with E-state index in [9.17, 15) is 35.5 Å². The fourth-order valence-electron chi connectivity index (χ4n) is 1.70. The Morgan fingerprint density at radius 3 is 1.80 bits per heavy atom. The number of ether oxygens (including phenoxy) is 1. The Kier molecular flexibility index (Phi) is 5.86. The van der Waals surface area contributed by atoms with E-state index in [1.165, 1.54) is 13.8 Å². The van der Waals surface area contributed by atoms with E-state index in [0.29, 0.717) is 6.92 Å². The van der Waals surface area contributed by atoms with E-state index in [4.69, 9.17) is 0 Å². The van der Waals surface area contributed by atoms with Gasteiger partial charge >= 0.3 is 24.0 Å². The fraction of sp³-hybridized carbons (Fsp3) is 0.909. The molecule has 0 fully saturated rings. The van der Waals surface area contributed by atoms with E-state index < -0.39 is 35.8 Å². The van der Waals surface area contributed by atoms with Crippen LogP contribution in [0.2, 0.25) is 0 Å². The van der Waals surface area contributed by atoms with Gasteiger partial charge in [0.05, 0.1) is 12.5 Å². The maximum atomic E-state index is 13.5. The van der Waals surface area contributed by atoms with Crippen LogP contribution in [-0.4, -0.2) is 30.6 Å². The number of carbonyl (C=O) groups excluding carboxylic acids is 1. The van der Waals surface area contributed by atoms with Crippen molar-refractivity contribution in [2.75, 3.05) is 6.61 Å². The second-order valence-electron chi connectivity index (χ2n) is 4.25. The molecule has 0 saturated heterocycles. The van der Waals surface area contributed by atoms with Crippen LogP contribution in [0, 0.1) is 11.8 Å². The van der Waals surface area contributed by atoms with E-state index in [2.05, 4.69) is 4.74 Å². The summed E-state index contributed by atoms with van der Waals surface area (Å²) in [7, 11) is 0. The van der Waals surface area contributed by atoms with Crippen LogP contribution in [0.15, 0.2) is 0 Å². The minimum atomic E-state index is -6.41. The lowest BCUT2D eigenvalue weighted by Crippen LogP contribution is -2.57. The first-order chi connectivity index (χ1) is 8.84. The molecule has 0 aromatic heterocycles. The Morgan fingerprint density at radius 2 is 1.50 bits per heavy atom. The first kappa shape index (κ1) is 19.0. The molecule has 120 valence electrons. The molecular formula is C11H15F7O2. The predicted octanol–water partition coefficient (Wildman–Crippen LogP) is 4.04. The zero-order valence-corrected chi connectivity index (χ0v) is 11.0. The molecule has 0 aromatic rings. The van der Waals surface area contributed by atoms with Crippen LogP contribution in [0.25, 0.3) is 0 Å². The second kappa shape index (κ2) is 6.17. The molecule has 2 atom stereocenters. The van der Waals surface area contributed by atoms with Crippen molar-refractivity contribution in [1.29, 1.82) is 0 Å². The van der Waals surface area contributed by atoms with Gasteiger partial charge in [-0.2, -0.15) is 30.7 Å². The highest BCUT2D eigenvalue weighted by molar-refractivity contribution is 5.72. The van der Waals surface area contributed by atoms with Crippen molar-refractivity contribution in [1.82, 2.24) is 0 Å². The van der Waals surface area contributed by atoms with Crippen molar-refractivity contribution in [3.63, 3.8) is 0 Å². The minimum absolute atomic E-state index is 0.191. The van der Waals surface area contributed by atoms with Gasteiger partial charge in [0.25, 0.3) is 0 Å². The molecule has 0 aliphatic heterocycles. The van der Waals surface area contributed by atoms with Crippen molar-refractivity contribution in [3.05, 3.63) is 0 Å². The van der Waals surface area contributed by atoms with E-state index in [-0.39, 0.29) is 13.0 Å². The first-order valence-electron chi connectivity index (χ1n) is 5.83. The SMILES string of the molecule is CCOC(=O)C(CC)C(C)C(F)(F)C(F)(F)C(F)(F)F. The van der Waals surface area contributed by atoms with Crippen LogP contribution in [0.5, 0.6) is 0 Å². The van der Waals surface area contributed by atoms with Gasteiger partial charge in [-0.15, -0.1) is 0 Å².